The standard InChI is InChI=1S/C29H19N5O9.C29H23N5O5/c1-12(35)31-28(37)24-22-18-10-15(33(39)40)4-7-20(18)30-26(22)27-23(25(24)29(31)38)19-11-16(34(41)42)5-8-21(19)32(27)14-3-6-17(9-14)43-13(2)36;1-12(35)33-28(37)24-22-18-9-14(30)3-7-20(18)32-26(22)27-23(25(24)29(33)38)19-10-15(31)4-8-21(19)34(27)16-5-6-17(11-16)39-13(2)36/h3-8,10-11,14,17,30H,9H2,1-2H3;3-10,16-17,32H,11,30-31H2,1-2H3/t14?,17-;16?,17-/m11/s1. The molecule has 0 fully saturated rings. The highest BCUT2D eigenvalue weighted by Crippen LogP contribution is 2.50. The van der Waals surface area contributed by atoms with Gasteiger partial charge in [0.05, 0.1) is 71.8 Å². The summed E-state index contributed by atoms with van der Waals surface area (Å²) in [5, 5.41) is 26.9. The number of non-ortho nitro benzene ring substituents is 2. The van der Waals surface area contributed by atoms with Gasteiger partial charge < -0.3 is 40.0 Å². The van der Waals surface area contributed by atoms with Gasteiger partial charge in [-0.2, -0.15) is 0 Å². The van der Waals surface area contributed by atoms with E-state index in [9.17, 15) is 58.6 Å². The minimum absolute atomic E-state index is 0.125. The van der Waals surface area contributed by atoms with Crippen molar-refractivity contribution in [2.24, 2.45) is 0 Å². The molecule has 6 heterocycles. The molecule has 2 unspecified atom stereocenters. The molecule has 0 spiro atoms. The lowest BCUT2D eigenvalue weighted by Crippen LogP contribution is -2.34. The van der Waals surface area contributed by atoms with Crippen molar-refractivity contribution in [2.45, 2.75) is 64.8 Å². The van der Waals surface area contributed by atoms with Gasteiger partial charge >= 0.3 is 11.9 Å². The average Bonchev–Trinajstić information content (AvgIpc) is 1.76. The molecule has 6 aromatic carbocycles. The van der Waals surface area contributed by atoms with Crippen LogP contribution in [0.15, 0.2) is 97.1 Å². The van der Waals surface area contributed by atoms with Crippen LogP contribution in [0.2, 0.25) is 0 Å². The summed E-state index contributed by atoms with van der Waals surface area (Å²) in [5.41, 5.74) is 17.4. The van der Waals surface area contributed by atoms with E-state index >= 15 is 0 Å². The maximum Gasteiger partial charge on any atom is 0.303 e. The number of nitrogens with two attached hydrogens (primary N) is 2. The fraction of sp³-hybridized carbons (Fsp3) is 0.172. The smallest absolute Gasteiger partial charge is 0.303 e. The van der Waals surface area contributed by atoms with Crippen LogP contribution in [0.3, 0.4) is 0 Å². The molecular formula is C58H42N10O14. The zero-order valence-electron chi connectivity index (χ0n) is 43.5. The number of nitrogens with zero attached hydrogens (tertiary/aromatic N) is 6. The number of amides is 6. The molecule has 0 bridgehead atoms. The number of ether oxygens (including phenoxy) is 2. The summed E-state index contributed by atoms with van der Waals surface area (Å²) in [4.78, 5) is 134. The lowest BCUT2D eigenvalue weighted by Gasteiger charge is -2.17. The Labute approximate surface area is 458 Å². The minimum Gasteiger partial charge on any atom is -0.458 e. The Bertz CT molecular complexity index is 4840. The Morgan fingerprint density at radius 1 is 0.512 bits per heavy atom. The second-order valence-electron chi connectivity index (χ2n) is 20.6. The lowest BCUT2D eigenvalue weighted by molar-refractivity contribution is -0.384. The number of carbonyl (C=O) groups excluding carboxylic acids is 8. The van der Waals surface area contributed by atoms with E-state index < -0.39 is 69.5 Å². The maximum atomic E-state index is 13.9. The summed E-state index contributed by atoms with van der Waals surface area (Å²) in [6.45, 7) is 4.93. The number of allylic oxidation sites excluding steroid dienone is 2. The number of nitrogen functional groups attached to an aromatic ring is 2. The topological polar surface area (TPSA) is 341 Å². The number of nitrogens with one attached hydrogen (secondary N) is 2. The normalized spacial score (nSPS) is 18.3. The summed E-state index contributed by atoms with van der Waals surface area (Å²) < 4.78 is 14.8. The van der Waals surface area contributed by atoms with Gasteiger partial charge in [0.2, 0.25) is 11.8 Å². The minimum atomic E-state index is -0.899. The van der Waals surface area contributed by atoms with E-state index in [1.807, 2.05) is 34.9 Å². The van der Waals surface area contributed by atoms with Crippen molar-refractivity contribution in [3.05, 3.63) is 140 Å². The number of esters is 2. The number of hydrogen-bond acceptors (Lipinski definition) is 16. The predicted octanol–water partition coefficient (Wildman–Crippen LogP) is 8.99. The van der Waals surface area contributed by atoms with Crippen LogP contribution >= 0.6 is 0 Å². The molecule has 10 aromatic rings. The summed E-state index contributed by atoms with van der Waals surface area (Å²) in [6.07, 6.45) is 7.20. The molecule has 4 aliphatic rings. The van der Waals surface area contributed by atoms with Crippen LogP contribution in [0.25, 0.3) is 87.2 Å². The molecule has 2 aliphatic carbocycles. The van der Waals surface area contributed by atoms with E-state index in [0.717, 1.165) is 18.0 Å². The van der Waals surface area contributed by atoms with Gasteiger partial charge in [-0.05, 0) is 60.7 Å². The number of nitro groups is 2. The first-order chi connectivity index (χ1) is 39.1. The highest BCUT2D eigenvalue weighted by Gasteiger charge is 2.46. The number of aromatic amines is 2. The number of fused-ring (bicyclic) bond motifs is 20. The third-order valence-corrected chi connectivity index (χ3v) is 15.7. The fourth-order valence-corrected chi connectivity index (χ4v) is 12.7. The van der Waals surface area contributed by atoms with E-state index in [1.165, 1.54) is 57.2 Å². The second-order valence-corrected chi connectivity index (χ2v) is 20.6. The molecule has 24 heteroatoms. The molecule has 0 radical (unpaired) electrons. The van der Waals surface area contributed by atoms with Crippen LogP contribution in [0.1, 0.15) is 94.1 Å². The summed E-state index contributed by atoms with van der Waals surface area (Å²) in [6, 6.07) is 18.3. The van der Waals surface area contributed by atoms with E-state index in [1.54, 1.807) is 30.3 Å². The van der Waals surface area contributed by atoms with Crippen molar-refractivity contribution in [3.63, 3.8) is 0 Å². The molecule has 6 amide bonds. The number of imide groups is 6. The van der Waals surface area contributed by atoms with Crippen LogP contribution in [0.5, 0.6) is 0 Å². The number of anilines is 2. The number of rotatable bonds is 6. The van der Waals surface area contributed by atoms with Gasteiger partial charge in [0, 0.05) is 136 Å². The molecule has 0 saturated heterocycles. The largest absolute Gasteiger partial charge is 0.458 e. The Balaban J connectivity index is 0.000000155. The summed E-state index contributed by atoms with van der Waals surface area (Å²) >= 11 is 0. The van der Waals surface area contributed by atoms with E-state index in [4.69, 9.17) is 20.9 Å². The third kappa shape index (κ3) is 7.16. The molecule has 4 aromatic heterocycles. The van der Waals surface area contributed by atoms with Gasteiger partial charge in [0.25, 0.3) is 35.0 Å². The molecule has 408 valence electrons. The van der Waals surface area contributed by atoms with Crippen molar-refractivity contribution >= 4 is 157 Å². The van der Waals surface area contributed by atoms with Gasteiger partial charge in [-0.25, -0.2) is 9.80 Å². The Morgan fingerprint density at radius 2 is 0.878 bits per heavy atom. The van der Waals surface area contributed by atoms with Crippen LogP contribution in [0.4, 0.5) is 22.7 Å². The zero-order valence-corrected chi connectivity index (χ0v) is 43.5. The summed E-state index contributed by atoms with van der Waals surface area (Å²) in [7, 11) is 0. The van der Waals surface area contributed by atoms with Crippen LogP contribution < -0.4 is 11.5 Å². The molecule has 24 nitrogen and oxygen atoms in total. The van der Waals surface area contributed by atoms with Crippen molar-refractivity contribution in [2.75, 3.05) is 11.5 Å². The number of hydrogen-bond donors (Lipinski definition) is 4. The molecule has 6 N–H and O–H groups in total. The zero-order chi connectivity index (χ0) is 57.8. The SMILES string of the molecule is CC(=O)O[C@@H]1C=CC(n2c3ccc(N)cc3c3c4c(c5c6cc(N)ccc6[nH]c5c32)C(=O)N(C(C)=O)C4=O)C1.CC(=O)O[C@@H]1C=CC(n2c3ccc([N+](=O)[O-])cc3c3c4c(c5c6cc([N+](=O)[O-])ccc6[nH]c5c32)C(=O)N(C(C)=O)C4=O)C1. The monoisotopic (exact) mass is 1100 g/mol. The van der Waals surface area contributed by atoms with Gasteiger partial charge in [0.1, 0.15) is 12.2 Å². The fourth-order valence-electron chi connectivity index (χ4n) is 12.7. The highest BCUT2D eigenvalue weighted by molar-refractivity contribution is 6.43. The number of nitro benzene ring substituents is 2. The molecule has 14 rings (SSSR count). The molecule has 4 atom stereocenters. The molecule has 0 saturated carbocycles. The lowest BCUT2D eigenvalue weighted by atomic mass is 9.96. The Morgan fingerprint density at radius 3 is 1.32 bits per heavy atom. The van der Waals surface area contributed by atoms with Crippen molar-refractivity contribution in [1.82, 2.24) is 28.9 Å². The molecule has 82 heavy (non-hydrogen) atoms. The Kier molecular flexibility index (Phi) is 10.9. The third-order valence-electron chi connectivity index (χ3n) is 15.7. The van der Waals surface area contributed by atoms with Gasteiger partial charge in [-0.1, -0.05) is 12.2 Å². The van der Waals surface area contributed by atoms with Gasteiger partial charge in [-0.3, -0.25) is 58.6 Å². The molecule has 2 aliphatic heterocycles. The van der Waals surface area contributed by atoms with Crippen molar-refractivity contribution in [3.8, 4) is 0 Å². The summed E-state index contributed by atoms with van der Waals surface area (Å²) in [5.74, 6) is -5.46. The molecular weight excluding hydrogens is 1060 g/mol. The first-order valence-corrected chi connectivity index (χ1v) is 25.6. The number of aromatic nitrogens is 4. The van der Waals surface area contributed by atoms with Crippen LogP contribution in [-0.4, -0.2) is 98.3 Å². The van der Waals surface area contributed by atoms with E-state index in [2.05, 4.69) is 14.5 Å². The van der Waals surface area contributed by atoms with Crippen LogP contribution in [0, 0.1) is 20.2 Å². The predicted molar refractivity (Wildman–Crippen MR) is 299 cm³/mol. The highest BCUT2D eigenvalue weighted by atomic mass is 16.6. The number of benzene rings is 6. The quantitative estimate of drug-likeness (QED) is 0.0301. The number of carbonyl (C=O) groups is 8. The van der Waals surface area contributed by atoms with Gasteiger partial charge in [0.15, 0.2) is 0 Å². The number of H-pyrrole nitrogens is 2. The van der Waals surface area contributed by atoms with E-state index in [0.29, 0.717) is 94.0 Å². The maximum absolute atomic E-state index is 13.9. The second kappa shape index (κ2) is 17.7. The van der Waals surface area contributed by atoms with Crippen molar-refractivity contribution < 1.29 is 57.7 Å². The average molecular weight is 1100 g/mol. The van der Waals surface area contributed by atoms with Crippen LogP contribution in [-0.2, 0) is 28.7 Å². The first kappa shape index (κ1) is 50.5. The Hall–Kier alpha value is -11.0. The van der Waals surface area contributed by atoms with E-state index in [-0.39, 0.29) is 61.8 Å². The van der Waals surface area contributed by atoms with Gasteiger partial charge in [-0.15, -0.1) is 0 Å². The van der Waals surface area contributed by atoms with Crippen molar-refractivity contribution in [1.29, 1.82) is 0 Å². The first-order valence-electron chi connectivity index (χ1n) is 25.6.